The molecule has 1 atom stereocenters. The maximum atomic E-state index is 5.84. The van der Waals surface area contributed by atoms with Gasteiger partial charge in [-0.3, -0.25) is 9.80 Å². The quantitative estimate of drug-likeness (QED) is 0.745. The van der Waals surface area contributed by atoms with Crippen LogP contribution in [0.25, 0.3) is 0 Å². The van der Waals surface area contributed by atoms with Crippen molar-refractivity contribution < 1.29 is 4.74 Å². The maximum absolute atomic E-state index is 5.84. The van der Waals surface area contributed by atoms with E-state index in [4.69, 9.17) is 4.74 Å². The van der Waals surface area contributed by atoms with E-state index in [9.17, 15) is 0 Å². The molecule has 20 heavy (non-hydrogen) atoms. The van der Waals surface area contributed by atoms with E-state index in [1.807, 2.05) is 0 Å². The Bertz CT molecular complexity index is 279. The monoisotopic (exact) mass is 282 g/mol. The van der Waals surface area contributed by atoms with Crippen molar-refractivity contribution in [3.05, 3.63) is 0 Å². The van der Waals surface area contributed by atoms with Crippen LogP contribution in [0.4, 0.5) is 0 Å². The molecule has 3 heteroatoms. The molecule has 1 heterocycles. The van der Waals surface area contributed by atoms with Gasteiger partial charge >= 0.3 is 0 Å². The van der Waals surface area contributed by atoms with Gasteiger partial charge in [0.1, 0.15) is 0 Å². The first-order chi connectivity index (χ1) is 9.45. The van der Waals surface area contributed by atoms with Crippen molar-refractivity contribution in [3.63, 3.8) is 0 Å². The number of hydrogen-bond donors (Lipinski definition) is 0. The SMILES string of the molecule is CC(C)OC(C)CN1CCN(C2CC(C(C)C)C2)CC1. The van der Waals surface area contributed by atoms with Gasteiger partial charge in [0.15, 0.2) is 0 Å². The molecule has 1 saturated carbocycles. The molecule has 0 amide bonds. The minimum atomic E-state index is 0.342. The minimum Gasteiger partial charge on any atom is -0.375 e. The third-order valence-electron chi connectivity index (χ3n) is 5.04. The summed E-state index contributed by atoms with van der Waals surface area (Å²) >= 11 is 0. The van der Waals surface area contributed by atoms with Crippen molar-refractivity contribution in [2.45, 2.75) is 65.7 Å². The number of hydrogen-bond acceptors (Lipinski definition) is 3. The Morgan fingerprint density at radius 3 is 2.05 bits per heavy atom. The van der Waals surface area contributed by atoms with Gasteiger partial charge in [-0.1, -0.05) is 13.8 Å². The molecule has 0 aromatic rings. The van der Waals surface area contributed by atoms with Crippen molar-refractivity contribution in [3.8, 4) is 0 Å². The summed E-state index contributed by atoms with van der Waals surface area (Å²) in [5.41, 5.74) is 0. The average Bonchev–Trinajstić information content (AvgIpc) is 2.27. The lowest BCUT2D eigenvalue weighted by molar-refractivity contribution is -0.0230. The lowest BCUT2D eigenvalue weighted by atomic mass is 9.73. The van der Waals surface area contributed by atoms with Gasteiger partial charge in [0.2, 0.25) is 0 Å². The highest BCUT2D eigenvalue weighted by Gasteiger charge is 2.36. The van der Waals surface area contributed by atoms with Gasteiger partial charge in [0, 0.05) is 38.8 Å². The zero-order valence-corrected chi connectivity index (χ0v) is 14.1. The van der Waals surface area contributed by atoms with E-state index in [1.54, 1.807) is 0 Å². The van der Waals surface area contributed by atoms with Crippen LogP contribution in [0.2, 0.25) is 0 Å². The lowest BCUT2D eigenvalue weighted by Gasteiger charge is -2.48. The Labute approximate surface area is 125 Å². The van der Waals surface area contributed by atoms with E-state index in [0.29, 0.717) is 12.2 Å². The van der Waals surface area contributed by atoms with Crippen LogP contribution in [0.5, 0.6) is 0 Å². The fourth-order valence-electron chi connectivity index (χ4n) is 3.65. The van der Waals surface area contributed by atoms with Crippen LogP contribution in [0.3, 0.4) is 0 Å². The van der Waals surface area contributed by atoms with Gasteiger partial charge in [-0.15, -0.1) is 0 Å². The number of rotatable bonds is 6. The molecule has 0 spiro atoms. The van der Waals surface area contributed by atoms with Crippen molar-refractivity contribution in [1.29, 1.82) is 0 Å². The average molecular weight is 282 g/mol. The molecule has 118 valence electrons. The Hall–Kier alpha value is -0.120. The van der Waals surface area contributed by atoms with Crippen LogP contribution in [0, 0.1) is 11.8 Å². The normalized spacial score (nSPS) is 30.8. The molecule has 0 aromatic heterocycles. The van der Waals surface area contributed by atoms with E-state index < -0.39 is 0 Å². The number of piperazine rings is 1. The molecule has 0 radical (unpaired) electrons. The van der Waals surface area contributed by atoms with Crippen LogP contribution < -0.4 is 0 Å². The Morgan fingerprint density at radius 1 is 0.950 bits per heavy atom. The predicted octanol–water partition coefficient (Wildman–Crippen LogP) is 2.85. The third kappa shape index (κ3) is 4.44. The Kier molecular flexibility index (Phi) is 5.88. The van der Waals surface area contributed by atoms with Crippen LogP contribution in [0.15, 0.2) is 0 Å². The van der Waals surface area contributed by atoms with Crippen LogP contribution in [-0.2, 0) is 4.74 Å². The lowest BCUT2D eigenvalue weighted by Crippen LogP contribution is -2.55. The van der Waals surface area contributed by atoms with Crippen molar-refractivity contribution in [2.75, 3.05) is 32.7 Å². The van der Waals surface area contributed by atoms with Crippen LogP contribution >= 0.6 is 0 Å². The van der Waals surface area contributed by atoms with E-state index in [1.165, 1.54) is 39.0 Å². The summed E-state index contributed by atoms with van der Waals surface area (Å²) in [5.74, 6) is 1.86. The van der Waals surface area contributed by atoms with E-state index >= 15 is 0 Å². The molecule has 2 rings (SSSR count). The highest BCUT2D eigenvalue weighted by Crippen LogP contribution is 2.37. The second-order valence-electron chi connectivity index (χ2n) is 7.46. The molecule has 3 nitrogen and oxygen atoms in total. The minimum absolute atomic E-state index is 0.342. The summed E-state index contributed by atoms with van der Waals surface area (Å²) < 4.78 is 5.84. The van der Waals surface area contributed by atoms with Crippen molar-refractivity contribution in [1.82, 2.24) is 9.80 Å². The van der Waals surface area contributed by atoms with Gasteiger partial charge < -0.3 is 4.74 Å². The molecule has 2 fully saturated rings. The first kappa shape index (κ1) is 16.3. The standard InChI is InChI=1S/C17H34N2O/c1-13(2)16-10-17(11-16)19-8-6-18(7-9-19)12-15(5)20-14(3)4/h13-17H,6-12H2,1-5H3. The second kappa shape index (κ2) is 7.24. The van der Waals surface area contributed by atoms with Gasteiger partial charge in [-0.05, 0) is 45.4 Å². The van der Waals surface area contributed by atoms with Gasteiger partial charge in [-0.2, -0.15) is 0 Å². The summed E-state index contributed by atoms with van der Waals surface area (Å²) in [7, 11) is 0. The molecule has 1 aliphatic carbocycles. The smallest absolute Gasteiger partial charge is 0.0677 e. The molecule has 1 saturated heterocycles. The maximum Gasteiger partial charge on any atom is 0.0677 e. The largest absolute Gasteiger partial charge is 0.375 e. The molecule has 1 unspecified atom stereocenters. The van der Waals surface area contributed by atoms with Gasteiger partial charge in [-0.25, -0.2) is 0 Å². The van der Waals surface area contributed by atoms with Crippen LogP contribution in [0.1, 0.15) is 47.5 Å². The van der Waals surface area contributed by atoms with Crippen molar-refractivity contribution >= 4 is 0 Å². The van der Waals surface area contributed by atoms with E-state index in [-0.39, 0.29) is 0 Å². The van der Waals surface area contributed by atoms with Crippen LogP contribution in [-0.4, -0.2) is 60.8 Å². The topological polar surface area (TPSA) is 15.7 Å². The second-order valence-corrected chi connectivity index (χ2v) is 7.46. The molecule has 0 aromatic carbocycles. The first-order valence-electron chi connectivity index (χ1n) is 8.57. The molecule has 1 aliphatic heterocycles. The molecular formula is C17H34N2O. The summed E-state index contributed by atoms with van der Waals surface area (Å²) in [5, 5.41) is 0. The fourth-order valence-corrected chi connectivity index (χ4v) is 3.65. The fraction of sp³-hybridized carbons (Fsp3) is 1.00. The number of ether oxygens (including phenoxy) is 1. The van der Waals surface area contributed by atoms with E-state index in [0.717, 1.165) is 24.4 Å². The summed E-state index contributed by atoms with van der Waals surface area (Å²) in [6, 6.07) is 0.883. The summed E-state index contributed by atoms with van der Waals surface area (Å²) in [4.78, 5) is 5.30. The third-order valence-corrected chi connectivity index (χ3v) is 5.04. The summed E-state index contributed by atoms with van der Waals surface area (Å²) in [6.45, 7) is 17.2. The highest BCUT2D eigenvalue weighted by molar-refractivity contribution is 4.90. The zero-order valence-electron chi connectivity index (χ0n) is 14.1. The highest BCUT2D eigenvalue weighted by atomic mass is 16.5. The zero-order chi connectivity index (χ0) is 14.7. The molecular weight excluding hydrogens is 248 g/mol. The van der Waals surface area contributed by atoms with Gasteiger partial charge in [0.25, 0.3) is 0 Å². The molecule has 2 aliphatic rings. The van der Waals surface area contributed by atoms with E-state index in [2.05, 4.69) is 44.4 Å². The Balaban J connectivity index is 1.63. The predicted molar refractivity (Wildman–Crippen MR) is 85.0 cm³/mol. The molecule has 0 bridgehead atoms. The van der Waals surface area contributed by atoms with Gasteiger partial charge in [0.05, 0.1) is 12.2 Å². The summed E-state index contributed by atoms with van der Waals surface area (Å²) in [6.07, 6.45) is 3.57. The first-order valence-corrected chi connectivity index (χ1v) is 8.57. The Morgan fingerprint density at radius 2 is 1.55 bits per heavy atom. The number of nitrogens with zero attached hydrogens (tertiary/aromatic N) is 2. The molecule has 0 N–H and O–H groups in total. The van der Waals surface area contributed by atoms with Crippen molar-refractivity contribution in [2.24, 2.45) is 11.8 Å².